The van der Waals surface area contributed by atoms with Gasteiger partial charge in [-0.3, -0.25) is 25.0 Å². The van der Waals surface area contributed by atoms with Crippen LogP contribution in [-0.4, -0.2) is 28.8 Å². The molecule has 0 radical (unpaired) electrons. The standard InChI is InChI=1S/C11H14N4O5/c1-8(16)12-5-2-6-13-10-4-3-9(14(17)18)7-11(10)15(19)20/h3-4,7,13H,2,5-6H2,1H3,(H,12,16). The molecule has 0 unspecified atom stereocenters. The van der Waals surface area contributed by atoms with Crippen LogP contribution in [0.1, 0.15) is 13.3 Å². The predicted octanol–water partition coefficient (Wildman–Crippen LogP) is 1.44. The summed E-state index contributed by atoms with van der Waals surface area (Å²) < 4.78 is 0. The lowest BCUT2D eigenvalue weighted by molar-refractivity contribution is -0.393. The van der Waals surface area contributed by atoms with Crippen LogP contribution in [0.25, 0.3) is 0 Å². The van der Waals surface area contributed by atoms with Gasteiger partial charge < -0.3 is 10.6 Å². The molecule has 0 saturated heterocycles. The van der Waals surface area contributed by atoms with Crippen molar-refractivity contribution in [2.24, 2.45) is 0 Å². The lowest BCUT2D eigenvalue weighted by Gasteiger charge is -2.07. The van der Waals surface area contributed by atoms with Gasteiger partial charge in [0.25, 0.3) is 11.4 Å². The van der Waals surface area contributed by atoms with Crippen LogP contribution in [0.4, 0.5) is 17.1 Å². The summed E-state index contributed by atoms with van der Waals surface area (Å²) in [5.74, 6) is -0.147. The molecule has 1 rings (SSSR count). The normalized spacial score (nSPS) is 9.85. The highest BCUT2D eigenvalue weighted by Crippen LogP contribution is 2.28. The van der Waals surface area contributed by atoms with Crippen molar-refractivity contribution >= 4 is 23.0 Å². The molecule has 9 nitrogen and oxygen atoms in total. The Labute approximate surface area is 114 Å². The summed E-state index contributed by atoms with van der Waals surface area (Å²) in [4.78, 5) is 30.7. The average Bonchev–Trinajstić information content (AvgIpc) is 2.37. The zero-order valence-electron chi connectivity index (χ0n) is 10.8. The van der Waals surface area contributed by atoms with Crippen molar-refractivity contribution < 1.29 is 14.6 Å². The molecule has 108 valence electrons. The maximum absolute atomic E-state index is 10.9. The third kappa shape index (κ3) is 4.52. The molecule has 0 aliphatic rings. The Balaban J connectivity index is 2.67. The van der Waals surface area contributed by atoms with E-state index in [4.69, 9.17) is 0 Å². The number of benzene rings is 1. The first-order valence-corrected chi connectivity index (χ1v) is 5.83. The van der Waals surface area contributed by atoms with E-state index in [9.17, 15) is 25.0 Å². The van der Waals surface area contributed by atoms with Crippen LogP contribution in [0.5, 0.6) is 0 Å². The lowest BCUT2D eigenvalue weighted by atomic mass is 10.2. The molecule has 20 heavy (non-hydrogen) atoms. The van der Waals surface area contributed by atoms with E-state index < -0.39 is 9.85 Å². The highest BCUT2D eigenvalue weighted by Gasteiger charge is 2.18. The Kier molecular flexibility index (Phi) is 5.39. The highest BCUT2D eigenvalue weighted by molar-refractivity contribution is 5.72. The van der Waals surface area contributed by atoms with E-state index in [1.165, 1.54) is 19.1 Å². The topological polar surface area (TPSA) is 127 Å². The number of anilines is 1. The van der Waals surface area contributed by atoms with Gasteiger partial charge in [0.1, 0.15) is 5.69 Å². The Bertz CT molecular complexity index is 532. The zero-order valence-corrected chi connectivity index (χ0v) is 10.8. The van der Waals surface area contributed by atoms with Crippen molar-refractivity contribution in [2.75, 3.05) is 18.4 Å². The molecule has 0 aliphatic heterocycles. The van der Waals surface area contributed by atoms with E-state index >= 15 is 0 Å². The molecule has 1 aromatic carbocycles. The third-order valence-electron chi connectivity index (χ3n) is 2.43. The first-order valence-electron chi connectivity index (χ1n) is 5.83. The molecule has 0 spiro atoms. The Morgan fingerprint density at radius 1 is 1.20 bits per heavy atom. The van der Waals surface area contributed by atoms with Crippen LogP contribution in [0.15, 0.2) is 18.2 Å². The van der Waals surface area contributed by atoms with E-state index in [0.29, 0.717) is 19.5 Å². The van der Waals surface area contributed by atoms with E-state index in [0.717, 1.165) is 6.07 Å². The molecule has 0 aliphatic carbocycles. The summed E-state index contributed by atoms with van der Waals surface area (Å²) in [6.07, 6.45) is 0.577. The molecule has 0 atom stereocenters. The molecule has 1 aromatic rings. The molecular weight excluding hydrogens is 268 g/mol. The fourth-order valence-corrected chi connectivity index (χ4v) is 1.51. The SMILES string of the molecule is CC(=O)NCCCNc1ccc([N+](=O)[O-])cc1[N+](=O)[O-]. The van der Waals surface area contributed by atoms with Gasteiger partial charge in [-0.05, 0) is 12.5 Å². The molecular formula is C11H14N4O5. The van der Waals surface area contributed by atoms with Crippen LogP contribution in [-0.2, 0) is 4.79 Å². The van der Waals surface area contributed by atoms with Crippen molar-refractivity contribution in [3.05, 3.63) is 38.4 Å². The Morgan fingerprint density at radius 2 is 1.90 bits per heavy atom. The number of nitro groups is 2. The fraction of sp³-hybridized carbons (Fsp3) is 0.364. The van der Waals surface area contributed by atoms with Crippen molar-refractivity contribution in [1.29, 1.82) is 0 Å². The second kappa shape index (κ2) is 7.02. The Morgan fingerprint density at radius 3 is 2.45 bits per heavy atom. The van der Waals surface area contributed by atoms with Crippen LogP contribution in [0, 0.1) is 20.2 Å². The monoisotopic (exact) mass is 282 g/mol. The van der Waals surface area contributed by atoms with Gasteiger partial charge in [0, 0.05) is 26.1 Å². The third-order valence-corrected chi connectivity index (χ3v) is 2.43. The number of carbonyl (C=O) groups excluding carboxylic acids is 1. The number of nitro benzene ring substituents is 2. The van der Waals surface area contributed by atoms with E-state index in [1.54, 1.807) is 0 Å². The quantitative estimate of drug-likeness (QED) is 0.442. The van der Waals surface area contributed by atoms with Gasteiger partial charge in [-0.15, -0.1) is 0 Å². The first kappa shape index (κ1) is 15.3. The minimum absolute atomic E-state index is 0.147. The summed E-state index contributed by atoms with van der Waals surface area (Å²) in [6, 6.07) is 3.41. The second-order valence-corrected chi connectivity index (χ2v) is 3.98. The minimum Gasteiger partial charge on any atom is -0.379 e. The molecule has 1 amide bonds. The molecule has 2 N–H and O–H groups in total. The summed E-state index contributed by atoms with van der Waals surface area (Å²) >= 11 is 0. The summed E-state index contributed by atoms with van der Waals surface area (Å²) in [5.41, 5.74) is -0.470. The highest BCUT2D eigenvalue weighted by atomic mass is 16.6. The predicted molar refractivity (Wildman–Crippen MR) is 71.5 cm³/mol. The number of non-ortho nitro benzene ring substituents is 1. The molecule has 0 fully saturated rings. The van der Waals surface area contributed by atoms with Gasteiger partial charge in [0.2, 0.25) is 5.91 Å². The lowest BCUT2D eigenvalue weighted by Crippen LogP contribution is -2.22. The number of nitrogens with zero attached hydrogens (tertiary/aromatic N) is 2. The summed E-state index contributed by atoms with van der Waals surface area (Å²) in [6.45, 7) is 2.25. The van der Waals surface area contributed by atoms with Gasteiger partial charge in [-0.2, -0.15) is 0 Å². The first-order chi connectivity index (χ1) is 9.41. The molecule has 0 saturated carbocycles. The maximum atomic E-state index is 10.9. The van der Waals surface area contributed by atoms with Gasteiger partial charge >= 0.3 is 0 Å². The van der Waals surface area contributed by atoms with Crippen molar-refractivity contribution in [2.45, 2.75) is 13.3 Å². The van der Waals surface area contributed by atoms with Crippen LogP contribution in [0.3, 0.4) is 0 Å². The number of nitrogens with one attached hydrogen (secondary N) is 2. The maximum Gasteiger partial charge on any atom is 0.299 e. The summed E-state index contributed by atoms with van der Waals surface area (Å²) in [7, 11) is 0. The summed E-state index contributed by atoms with van der Waals surface area (Å²) in [5, 5.41) is 26.8. The van der Waals surface area contributed by atoms with E-state index in [1.807, 2.05) is 0 Å². The van der Waals surface area contributed by atoms with Crippen molar-refractivity contribution in [3.8, 4) is 0 Å². The molecule has 0 aromatic heterocycles. The number of amides is 1. The van der Waals surface area contributed by atoms with Crippen LogP contribution >= 0.6 is 0 Å². The van der Waals surface area contributed by atoms with Crippen LogP contribution in [0.2, 0.25) is 0 Å². The van der Waals surface area contributed by atoms with E-state index in [2.05, 4.69) is 10.6 Å². The van der Waals surface area contributed by atoms with Gasteiger partial charge in [0.05, 0.1) is 15.9 Å². The Hall–Kier alpha value is -2.71. The zero-order chi connectivity index (χ0) is 15.1. The largest absolute Gasteiger partial charge is 0.379 e. The minimum atomic E-state index is -0.687. The van der Waals surface area contributed by atoms with Gasteiger partial charge in [-0.1, -0.05) is 0 Å². The van der Waals surface area contributed by atoms with Crippen molar-refractivity contribution in [3.63, 3.8) is 0 Å². The number of hydrogen-bond donors (Lipinski definition) is 2. The molecule has 9 heteroatoms. The van der Waals surface area contributed by atoms with Gasteiger partial charge in [0.15, 0.2) is 0 Å². The smallest absolute Gasteiger partial charge is 0.299 e. The second-order valence-electron chi connectivity index (χ2n) is 3.98. The number of carbonyl (C=O) groups is 1. The number of hydrogen-bond acceptors (Lipinski definition) is 6. The van der Waals surface area contributed by atoms with E-state index in [-0.39, 0.29) is 23.0 Å². The van der Waals surface area contributed by atoms with Crippen molar-refractivity contribution in [1.82, 2.24) is 5.32 Å². The molecule has 0 heterocycles. The van der Waals surface area contributed by atoms with Gasteiger partial charge in [-0.25, -0.2) is 0 Å². The molecule has 0 bridgehead atoms. The van der Waals surface area contributed by atoms with Crippen LogP contribution < -0.4 is 10.6 Å². The fourth-order valence-electron chi connectivity index (χ4n) is 1.51. The number of rotatable bonds is 7. The average molecular weight is 282 g/mol.